The van der Waals surface area contributed by atoms with Gasteiger partial charge in [-0.2, -0.15) is 0 Å². The molecule has 0 saturated carbocycles. The largest absolute Gasteiger partial charge is 0.454 e. The molecular formula is C12H12N2O4S. The topological polar surface area (TPSA) is 66.6 Å². The van der Waals surface area contributed by atoms with Crippen molar-refractivity contribution in [3.05, 3.63) is 18.2 Å². The summed E-state index contributed by atoms with van der Waals surface area (Å²) in [7, 11) is 1.66. The number of aromatic nitrogens is 2. The molecular weight excluding hydrogens is 268 g/mol. The van der Waals surface area contributed by atoms with Gasteiger partial charge in [-0.05, 0) is 18.2 Å². The van der Waals surface area contributed by atoms with Gasteiger partial charge in [-0.1, -0.05) is 11.8 Å². The minimum Gasteiger partial charge on any atom is -0.454 e. The van der Waals surface area contributed by atoms with Gasteiger partial charge in [-0.15, -0.1) is 10.2 Å². The van der Waals surface area contributed by atoms with Crippen LogP contribution in [0.2, 0.25) is 0 Å². The lowest BCUT2D eigenvalue weighted by Crippen LogP contribution is -1.92. The van der Waals surface area contributed by atoms with Gasteiger partial charge in [0.2, 0.25) is 12.7 Å². The van der Waals surface area contributed by atoms with Crippen LogP contribution in [0.1, 0.15) is 0 Å². The smallest absolute Gasteiger partial charge is 0.276 e. The van der Waals surface area contributed by atoms with Crippen molar-refractivity contribution in [3.63, 3.8) is 0 Å². The van der Waals surface area contributed by atoms with Crippen molar-refractivity contribution >= 4 is 11.8 Å². The van der Waals surface area contributed by atoms with Crippen molar-refractivity contribution in [3.8, 4) is 23.0 Å². The Bertz CT molecular complexity index is 573. The Morgan fingerprint density at radius 1 is 1.26 bits per heavy atom. The number of hydrogen-bond acceptors (Lipinski definition) is 7. The molecule has 6 nitrogen and oxygen atoms in total. The van der Waals surface area contributed by atoms with Crippen molar-refractivity contribution < 1.29 is 18.6 Å². The third kappa shape index (κ3) is 2.66. The Morgan fingerprint density at radius 3 is 3.05 bits per heavy atom. The number of hydrogen-bond donors (Lipinski definition) is 0. The SMILES string of the molecule is COCCSc1nnc(-c2ccc3c(c2)OCO3)o1. The molecule has 1 aliphatic rings. The van der Waals surface area contributed by atoms with Crippen LogP contribution in [0.25, 0.3) is 11.5 Å². The second kappa shape index (κ2) is 5.50. The summed E-state index contributed by atoms with van der Waals surface area (Å²) >= 11 is 1.46. The summed E-state index contributed by atoms with van der Waals surface area (Å²) in [5, 5.41) is 8.52. The lowest BCUT2D eigenvalue weighted by Gasteiger charge is -1.98. The van der Waals surface area contributed by atoms with Gasteiger partial charge >= 0.3 is 0 Å². The Hall–Kier alpha value is -1.73. The van der Waals surface area contributed by atoms with Crippen molar-refractivity contribution in [1.82, 2.24) is 10.2 Å². The average molecular weight is 280 g/mol. The second-order valence-electron chi connectivity index (χ2n) is 3.78. The number of ether oxygens (including phenoxy) is 3. The maximum absolute atomic E-state index is 5.56. The Kier molecular flexibility index (Phi) is 3.56. The van der Waals surface area contributed by atoms with E-state index in [4.69, 9.17) is 18.6 Å². The van der Waals surface area contributed by atoms with Gasteiger partial charge in [0.15, 0.2) is 11.5 Å². The zero-order chi connectivity index (χ0) is 13.1. The average Bonchev–Trinajstić information content (AvgIpc) is 3.06. The summed E-state index contributed by atoms with van der Waals surface area (Å²) in [6.07, 6.45) is 0. The van der Waals surface area contributed by atoms with E-state index in [2.05, 4.69) is 10.2 Å². The molecule has 0 spiro atoms. The highest BCUT2D eigenvalue weighted by atomic mass is 32.2. The molecule has 0 fully saturated rings. The first-order valence-corrected chi connectivity index (χ1v) is 6.70. The Morgan fingerprint density at radius 2 is 2.16 bits per heavy atom. The normalized spacial score (nSPS) is 12.9. The molecule has 100 valence electrons. The minimum atomic E-state index is 0.251. The fourth-order valence-corrected chi connectivity index (χ4v) is 2.29. The second-order valence-corrected chi connectivity index (χ2v) is 4.83. The van der Waals surface area contributed by atoms with Gasteiger partial charge < -0.3 is 18.6 Å². The molecule has 0 saturated heterocycles. The van der Waals surface area contributed by atoms with E-state index in [0.29, 0.717) is 23.5 Å². The standard InChI is InChI=1S/C12H12N2O4S/c1-15-4-5-19-12-14-13-11(18-12)8-2-3-9-10(6-8)17-7-16-9/h2-3,6H,4-5,7H2,1H3. The molecule has 1 aromatic carbocycles. The summed E-state index contributed by atoms with van der Waals surface area (Å²) in [5.74, 6) is 2.68. The van der Waals surface area contributed by atoms with E-state index >= 15 is 0 Å². The zero-order valence-electron chi connectivity index (χ0n) is 10.3. The summed E-state index contributed by atoms with van der Waals surface area (Å²) < 4.78 is 21.1. The van der Waals surface area contributed by atoms with E-state index in [1.165, 1.54) is 11.8 Å². The molecule has 7 heteroatoms. The first-order valence-electron chi connectivity index (χ1n) is 5.72. The number of nitrogens with zero attached hydrogens (tertiary/aromatic N) is 2. The van der Waals surface area contributed by atoms with Crippen LogP contribution in [0.15, 0.2) is 27.8 Å². The lowest BCUT2D eigenvalue weighted by atomic mass is 10.2. The molecule has 3 rings (SSSR count). The van der Waals surface area contributed by atoms with Gasteiger partial charge in [-0.3, -0.25) is 0 Å². The third-order valence-corrected chi connectivity index (χ3v) is 3.32. The van der Waals surface area contributed by atoms with E-state index < -0.39 is 0 Å². The molecule has 1 aliphatic heterocycles. The monoisotopic (exact) mass is 280 g/mol. The van der Waals surface area contributed by atoms with Gasteiger partial charge in [0.05, 0.1) is 6.61 Å². The predicted molar refractivity (Wildman–Crippen MR) is 68.5 cm³/mol. The molecule has 19 heavy (non-hydrogen) atoms. The van der Waals surface area contributed by atoms with E-state index in [-0.39, 0.29) is 6.79 Å². The molecule has 2 aromatic rings. The number of fused-ring (bicyclic) bond motifs is 1. The molecule has 0 N–H and O–H groups in total. The van der Waals surface area contributed by atoms with Gasteiger partial charge in [-0.25, -0.2) is 0 Å². The van der Waals surface area contributed by atoms with Crippen molar-refractivity contribution in [2.24, 2.45) is 0 Å². The lowest BCUT2D eigenvalue weighted by molar-refractivity contribution is 0.174. The van der Waals surface area contributed by atoms with Crippen molar-refractivity contribution in [2.75, 3.05) is 26.3 Å². The highest BCUT2D eigenvalue weighted by Crippen LogP contribution is 2.35. The highest BCUT2D eigenvalue weighted by molar-refractivity contribution is 7.99. The Balaban J connectivity index is 1.75. The maximum Gasteiger partial charge on any atom is 0.276 e. The van der Waals surface area contributed by atoms with Crippen molar-refractivity contribution in [1.29, 1.82) is 0 Å². The molecule has 0 bridgehead atoms. The van der Waals surface area contributed by atoms with E-state index in [1.54, 1.807) is 7.11 Å². The van der Waals surface area contributed by atoms with Crippen LogP contribution < -0.4 is 9.47 Å². The van der Waals surface area contributed by atoms with Crippen LogP contribution in [0.3, 0.4) is 0 Å². The molecule has 0 amide bonds. The number of benzene rings is 1. The third-order valence-electron chi connectivity index (χ3n) is 2.54. The quantitative estimate of drug-likeness (QED) is 0.614. The number of thioether (sulfide) groups is 1. The van der Waals surface area contributed by atoms with Gasteiger partial charge in [0, 0.05) is 18.4 Å². The molecule has 0 atom stereocenters. The molecule has 0 aliphatic carbocycles. The van der Waals surface area contributed by atoms with Gasteiger partial charge in [0.1, 0.15) is 0 Å². The summed E-state index contributed by atoms with van der Waals surface area (Å²) in [6.45, 7) is 0.896. The number of methoxy groups -OCH3 is 1. The fourth-order valence-electron chi connectivity index (χ4n) is 1.63. The summed E-state index contributed by atoms with van der Waals surface area (Å²) in [5.41, 5.74) is 0.815. The first kappa shape index (κ1) is 12.3. The minimum absolute atomic E-state index is 0.251. The van der Waals surface area contributed by atoms with Crippen LogP contribution in [-0.4, -0.2) is 36.5 Å². The predicted octanol–water partition coefficient (Wildman–Crippen LogP) is 2.20. The molecule has 0 radical (unpaired) electrons. The number of rotatable bonds is 5. The van der Waals surface area contributed by atoms with E-state index in [9.17, 15) is 0 Å². The summed E-state index contributed by atoms with van der Waals surface area (Å²) in [4.78, 5) is 0. The van der Waals surface area contributed by atoms with Crippen LogP contribution in [0.5, 0.6) is 11.5 Å². The van der Waals surface area contributed by atoms with E-state index in [1.807, 2.05) is 18.2 Å². The summed E-state index contributed by atoms with van der Waals surface area (Å²) in [6, 6.07) is 5.53. The van der Waals surface area contributed by atoms with Crippen LogP contribution in [0, 0.1) is 0 Å². The van der Waals surface area contributed by atoms with E-state index in [0.717, 1.165) is 17.1 Å². The van der Waals surface area contributed by atoms with Crippen LogP contribution >= 0.6 is 11.8 Å². The molecule has 0 unspecified atom stereocenters. The molecule has 1 aromatic heterocycles. The first-order chi connectivity index (χ1) is 9.36. The maximum atomic E-state index is 5.56. The zero-order valence-corrected chi connectivity index (χ0v) is 11.1. The molecule has 2 heterocycles. The highest BCUT2D eigenvalue weighted by Gasteiger charge is 2.16. The van der Waals surface area contributed by atoms with Crippen LogP contribution in [-0.2, 0) is 4.74 Å². The Labute approximate surface area is 114 Å². The van der Waals surface area contributed by atoms with Gasteiger partial charge in [0.25, 0.3) is 5.22 Å². The van der Waals surface area contributed by atoms with Crippen molar-refractivity contribution in [2.45, 2.75) is 5.22 Å². The van der Waals surface area contributed by atoms with Crippen LogP contribution in [0.4, 0.5) is 0 Å². The fraction of sp³-hybridized carbons (Fsp3) is 0.333.